The molecule has 0 spiro atoms. The van der Waals surface area contributed by atoms with Crippen molar-refractivity contribution in [1.29, 1.82) is 0 Å². The SMILES string of the molecule is CC(C)(CNCC1CCCN1)c1cccc(F)c1. The van der Waals surface area contributed by atoms with Gasteiger partial charge in [-0.2, -0.15) is 0 Å². The molecule has 3 heteroatoms. The van der Waals surface area contributed by atoms with Gasteiger partial charge in [0, 0.05) is 24.5 Å². The first kappa shape index (κ1) is 13.5. The smallest absolute Gasteiger partial charge is 0.123 e. The first-order chi connectivity index (χ1) is 8.58. The molecule has 1 fully saturated rings. The normalized spacial score (nSPS) is 20.3. The second-order valence-corrected chi connectivity index (χ2v) is 5.82. The Morgan fingerprint density at radius 3 is 2.94 bits per heavy atom. The molecule has 1 unspecified atom stereocenters. The quantitative estimate of drug-likeness (QED) is 0.839. The fourth-order valence-electron chi connectivity index (χ4n) is 2.50. The maximum absolute atomic E-state index is 13.2. The number of rotatable bonds is 5. The summed E-state index contributed by atoms with van der Waals surface area (Å²) in [4.78, 5) is 0. The van der Waals surface area contributed by atoms with Crippen LogP contribution in [0, 0.1) is 5.82 Å². The first-order valence-corrected chi connectivity index (χ1v) is 6.78. The van der Waals surface area contributed by atoms with Gasteiger partial charge in [-0.3, -0.25) is 0 Å². The molecule has 0 saturated carbocycles. The van der Waals surface area contributed by atoms with Crippen molar-refractivity contribution in [3.05, 3.63) is 35.6 Å². The summed E-state index contributed by atoms with van der Waals surface area (Å²) in [7, 11) is 0. The molecule has 2 nitrogen and oxygen atoms in total. The summed E-state index contributed by atoms with van der Waals surface area (Å²) in [5.74, 6) is -0.155. The Labute approximate surface area is 109 Å². The molecule has 2 rings (SSSR count). The summed E-state index contributed by atoms with van der Waals surface area (Å²) in [5, 5.41) is 6.97. The lowest BCUT2D eigenvalue weighted by atomic mass is 9.84. The molecular weight excluding hydrogens is 227 g/mol. The van der Waals surface area contributed by atoms with E-state index in [1.807, 2.05) is 6.07 Å². The first-order valence-electron chi connectivity index (χ1n) is 6.78. The van der Waals surface area contributed by atoms with E-state index in [9.17, 15) is 4.39 Å². The molecule has 0 radical (unpaired) electrons. The van der Waals surface area contributed by atoms with Gasteiger partial charge < -0.3 is 10.6 Å². The Balaban J connectivity index is 1.86. The van der Waals surface area contributed by atoms with Gasteiger partial charge in [0.05, 0.1) is 0 Å². The van der Waals surface area contributed by atoms with Crippen LogP contribution in [0.25, 0.3) is 0 Å². The van der Waals surface area contributed by atoms with Crippen LogP contribution in [0.3, 0.4) is 0 Å². The lowest BCUT2D eigenvalue weighted by Crippen LogP contribution is -2.40. The van der Waals surface area contributed by atoms with Gasteiger partial charge in [-0.25, -0.2) is 4.39 Å². The van der Waals surface area contributed by atoms with Crippen molar-refractivity contribution in [1.82, 2.24) is 10.6 Å². The predicted molar refractivity (Wildman–Crippen MR) is 73.3 cm³/mol. The van der Waals surface area contributed by atoms with E-state index in [4.69, 9.17) is 0 Å². The van der Waals surface area contributed by atoms with Crippen LogP contribution < -0.4 is 10.6 Å². The van der Waals surface area contributed by atoms with Crippen LogP contribution in [0.2, 0.25) is 0 Å². The number of halogens is 1. The molecule has 1 aliphatic rings. The predicted octanol–water partition coefficient (Wildman–Crippen LogP) is 2.44. The van der Waals surface area contributed by atoms with E-state index in [0.29, 0.717) is 6.04 Å². The lowest BCUT2D eigenvalue weighted by Gasteiger charge is -2.26. The van der Waals surface area contributed by atoms with E-state index in [0.717, 1.165) is 25.2 Å². The van der Waals surface area contributed by atoms with Crippen LogP contribution in [-0.2, 0) is 5.41 Å². The van der Waals surface area contributed by atoms with Gasteiger partial charge in [-0.15, -0.1) is 0 Å². The van der Waals surface area contributed by atoms with Crippen LogP contribution in [0.4, 0.5) is 4.39 Å². The van der Waals surface area contributed by atoms with E-state index < -0.39 is 0 Å². The third-order valence-corrected chi connectivity index (χ3v) is 3.73. The van der Waals surface area contributed by atoms with Crippen molar-refractivity contribution in [3.8, 4) is 0 Å². The van der Waals surface area contributed by atoms with Gasteiger partial charge in [0.15, 0.2) is 0 Å². The zero-order valence-electron chi connectivity index (χ0n) is 11.3. The molecule has 0 aromatic heterocycles. The van der Waals surface area contributed by atoms with Gasteiger partial charge in [-0.05, 0) is 37.1 Å². The molecule has 2 N–H and O–H groups in total. The molecule has 1 atom stereocenters. The Morgan fingerprint density at radius 2 is 2.28 bits per heavy atom. The summed E-state index contributed by atoms with van der Waals surface area (Å²) in [5.41, 5.74) is 1.01. The zero-order valence-corrected chi connectivity index (χ0v) is 11.3. The molecule has 100 valence electrons. The van der Waals surface area contributed by atoms with Gasteiger partial charge >= 0.3 is 0 Å². The third-order valence-electron chi connectivity index (χ3n) is 3.73. The Morgan fingerprint density at radius 1 is 1.44 bits per heavy atom. The molecular formula is C15H23FN2. The highest BCUT2D eigenvalue weighted by atomic mass is 19.1. The van der Waals surface area contributed by atoms with Gasteiger partial charge in [0.25, 0.3) is 0 Å². The summed E-state index contributed by atoms with van der Waals surface area (Å²) in [6.07, 6.45) is 2.53. The van der Waals surface area contributed by atoms with Gasteiger partial charge in [-0.1, -0.05) is 26.0 Å². The van der Waals surface area contributed by atoms with Gasteiger partial charge in [0.1, 0.15) is 5.82 Å². The van der Waals surface area contributed by atoms with Crippen molar-refractivity contribution < 1.29 is 4.39 Å². The second-order valence-electron chi connectivity index (χ2n) is 5.82. The van der Waals surface area contributed by atoms with Crippen molar-refractivity contribution in [3.63, 3.8) is 0 Å². The average molecular weight is 250 g/mol. The maximum Gasteiger partial charge on any atom is 0.123 e. The number of nitrogens with one attached hydrogen (secondary N) is 2. The topological polar surface area (TPSA) is 24.1 Å². The zero-order chi connectivity index (χ0) is 13.0. The van der Waals surface area contributed by atoms with Crippen LogP contribution in [0.5, 0.6) is 0 Å². The standard InChI is InChI=1S/C15H23FN2/c1-15(2,12-5-3-6-13(16)9-12)11-17-10-14-7-4-8-18-14/h3,5-6,9,14,17-18H,4,7-8,10-11H2,1-2H3. The highest BCUT2D eigenvalue weighted by Gasteiger charge is 2.21. The summed E-state index contributed by atoms with van der Waals surface area (Å²) in [6, 6.07) is 7.52. The van der Waals surface area contributed by atoms with Crippen molar-refractivity contribution in [2.75, 3.05) is 19.6 Å². The van der Waals surface area contributed by atoms with E-state index in [-0.39, 0.29) is 11.2 Å². The molecule has 1 heterocycles. The van der Waals surface area contributed by atoms with Gasteiger partial charge in [0.2, 0.25) is 0 Å². The highest BCUT2D eigenvalue weighted by Crippen LogP contribution is 2.22. The summed E-state index contributed by atoms with van der Waals surface area (Å²) >= 11 is 0. The van der Waals surface area contributed by atoms with Crippen LogP contribution in [0.1, 0.15) is 32.3 Å². The molecule has 1 saturated heterocycles. The molecule has 0 aliphatic carbocycles. The Kier molecular flexibility index (Phi) is 4.36. The van der Waals surface area contributed by atoms with E-state index in [2.05, 4.69) is 24.5 Å². The van der Waals surface area contributed by atoms with Crippen molar-refractivity contribution in [2.24, 2.45) is 0 Å². The molecule has 0 bridgehead atoms. The Bertz CT molecular complexity index is 384. The second kappa shape index (κ2) is 5.81. The van der Waals surface area contributed by atoms with E-state index >= 15 is 0 Å². The average Bonchev–Trinajstić information content (AvgIpc) is 2.82. The highest BCUT2D eigenvalue weighted by molar-refractivity contribution is 5.24. The van der Waals surface area contributed by atoms with Crippen LogP contribution >= 0.6 is 0 Å². The maximum atomic E-state index is 13.2. The minimum absolute atomic E-state index is 0.0410. The molecule has 1 aromatic carbocycles. The van der Waals surface area contributed by atoms with Crippen molar-refractivity contribution in [2.45, 2.75) is 38.1 Å². The minimum Gasteiger partial charge on any atom is -0.314 e. The lowest BCUT2D eigenvalue weighted by molar-refractivity contribution is 0.440. The fourth-order valence-corrected chi connectivity index (χ4v) is 2.50. The van der Waals surface area contributed by atoms with Crippen molar-refractivity contribution >= 4 is 0 Å². The fraction of sp³-hybridized carbons (Fsp3) is 0.600. The summed E-state index contributed by atoms with van der Waals surface area (Å²) < 4.78 is 13.2. The van der Waals surface area contributed by atoms with E-state index in [1.54, 1.807) is 12.1 Å². The summed E-state index contributed by atoms with van der Waals surface area (Å²) in [6.45, 7) is 7.31. The largest absolute Gasteiger partial charge is 0.314 e. The number of hydrogen-bond donors (Lipinski definition) is 2. The van der Waals surface area contributed by atoms with Crippen LogP contribution in [-0.4, -0.2) is 25.7 Å². The van der Waals surface area contributed by atoms with Crippen LogP contribution in [0.15, 0.2) is 24.3 Å². The molecule has 18 heavy (non-hydrogen) atoms. The molecule has 0 amide bonds. The third kappa shape index (κ3) is 3.53. The molecule has 1 aliphatic heterocycles. The number of benzene rings is 1. The van der Waals surface area contributed by atoms with E-state index in [1.165, 1.54) is 18.9 Å². The molecule has 1 aromatic rings. The minimum atomic E-state index is -0.155. The monoisotopic (exact) mass is 250 g/mol. The Hall–Kier alpha value is -0.930. The number of hydrogen-bond acceptors (Lipinski definition) is 2.